The minimum absolute atomic E-state index is 0.303. The SMILES string of the molecule is Cc1cc(NCCCOC(C)C)ncc1N. The monoisotopic (exact) mass is 223 g/mol. The van der Waals surface area contributed by atoms with Gasteiger partial charge < -0.3 is 15.8 Å². The number of nitrogen functional groups attached to an aromatic ring is 1. The normalized spacial score (nSPS) is 10.8. The van der Waals surface area contributed by atoms with Gasteiger partial charge in [-0.15, -0.1) is 0 Å². The Morgan fingerprint density at radius 2 is 2.25 bits per heavy atom. The first kappa shape index (κ1) is 12.8. The van der Waals surface area contributed by atoms with Gasteiger partial charge in [-0.2, -0.15) is 0 Å². The fraction of sp³-hybridized carbons (Fsp3) is 0.583. The highest BCUT2D eigenvalue weighted by molar-refractivity contribution is 5.50. The third-order valence-electron chi connectivity index (χ3n) is 2.23. The van der Waals surface area contributed by atoms with Crippen molar-refractivity contribution in [2.24, 2.45) is 0 Å². The van der Waals surface area contributed by atoms with Gasteiger partial charge in [-0.3, -0.25) is 0 Å². The van der Waals surface area contributed by atoms with Gasteiger partial charge in [-0.05, 0) is 38.8 Å². The Hall–Kier alpha value is -1.29. The quantitative estimate of drug-likeness (QED) is 0.726. The molecular formula is C12H21N3O. The van der Waals surface area contributed by atoms with Crippen molar-refractivity contribution in [1.29, 1.82) is 0 Å². The molecule has 0 aliphatic carbocycles. The van der Waals surface area contributed by atoms with Crippen LogP contribution in [0.25, 0.3) is 0 Å². The molecule has 1 rings (SSSR count). The number of aromatic nitrogens is 1. The molecule has 1 aromatic heterocycles. The van der Waals surface area contributed by atoms with Gasteiger partial charge >= 0.3 is 0 Å². The molecule has 0 unspecified atom stereocenters. The summed E-state index contributed by atoms with van der Waals surface area (Å²) in [7, 11) is 0. The van der Waals surface area contributed by atoms with Crippen LogP contribution < -0.4 is 11.1 Å². The lowest BCUT2D eigenvalue weighted by Gasteiger charge is -2.09. The second-order valence-electron chi connectivity index (χ2n) is 4.13. The molecular weight excluding hydrogens is 202 g/mol. The Morgan fingerprint density at radius 3 is 2.88 bits per heavy atom. The van der Waals surface area contributed by atoms with Crippen molar-refractivity contribution < 1.29 is 4.74 Å². The lowest BCUT2D eigenvalue weighted by Crippen LogP contribution is -2.10. The molecule has 0 fully saturated rings. The summed E-state index contributed by atoms with van der Waals surface area (Å²) in [5.41, 5.74) is 7.47. The van der Waals surface area contributed by atoms with Gasteiger partial charge in [-0.1, -0.05) is 0 Å². The smallest absolute Gasteiger partial charge is 0.126 e. The fourth-order valence-electron chi connectivity index (χ4n) is 1.27. The van der Waals surface area contributed by atoms with Crippen molar-refractivity contribution in [3.63, 3.8) is 0 Å². The van der Waals surface area contributed by atoms with E-state index in [-0.39, 0.29) is 0 Å². The fourth-order valence-corrected chi connectivity index (χ4v) is 1.27. The van der Waals surface area contributed by atoms with Crippen molar-refractivity contribution >= 4 is 11.5 Å². The highest BCUT2D eigenvalue weighted by Crippen LogP contribution is 2.12. The molecule has 0 spiro atoms. The number of nitrogens with one attached hydrogen (secondary N) is 1. The van der Waals surface area contributed by atoms with Crippen LogP contribution in [0, 0.1) is 6.92 Å². The third kappa shape index (κ3) is 4.49. The van der Waals surface area contributed by atoms with E-state index in [4.69, 9.17) is 10.5 Å². The molecule has 1 aromatic rings. The van der Waals surface area contributed by atoms with Crippen molar-refractivity contribution in [3.05, 3.63) is 17.8 Å². The maximum absolute atomic E-state index is 5.69. The van der Waals surface area contributed by atoms with Crippen LogP contribution in [0.5, 0.6) is 0 Å². The highest BCUT2D eigenvalue weighted by Gasteiger charge is 1.98. The summed E-state index contributed by atoms with van der Waals surface area (Å²) in [6.07, 6.45) is 2.96. The van der Waals surface area contributed by atoms with Crippen LogP contribution in [0.1, 0.15) is 25.8 Å². The predicted octanol–water partition coefficient (Wildman–Crippen LogP) is 2.20. The summed E-state index contributed by atoms with van der Waals surface area (Å²) in [6, 6.07) is 1.96. The Balaban J connectivity index is 2.24. The summed E-state index contributed by atoms with van der Waals surface area (Å²) >= 11 is 0. The van der Waals surface area contributed by atoms with Crippen LogP contribution in [0.2, 0.25) is 0 Å². The zero-order chi connectivity index (χ0) is 12.0. The van der Waals surface area contributed by atoms with Gasteiger partial charge in [0.2, 0.25) is 0 Å². The van der Waals surface area contributed by atoms with Crippen molar-refractivity contribution in [2.75, 3.05) is 24.2 Å². The Kier molecular flexibility index (Phi) is 5.05. The van der Waals surface area contributed by atoms with E-state index in [0.717, 1.165) is 36.6 Å². The molecule has 1 heterocycles. The predicted molar refractivity (Wildman–Crippen MR) is 67.6 cm³/mol. The Morgan fingerprint density at radius 1 is 1.50 bits per heavy atom. The number of pyridine rings is 1. The average Bonchev–Trinajstić information content (AvgIpc) is 2.22. The van der Waals surface area contributed by atoms with Gasteiger partial charge in [0.05, 0.1) is 18.0 Å². The molecule has 0 aliphatic heterocycles. The van der Waals surface area contributed by atoms with Crippen LogP contribution in [0.15, 0.2) is 12.3 Å². The number of nitrogens with two attached hydrogens (primary N) is 1. The number of aryl methyl sites for hydroxylation is 1. The van der Waals surface area contributed by atoms with Crippen LogP contribution in [-0.2, 0) is 4.74 Å². The number of rotatable bonds is 6. The van der Waals surface area contributed by atoms with Gasteiger partial charge in [0.1, 0.15) is 5.82 Å². The van der Waals surface area contributed by atoms with Crippen LogP contribution in [0.3, 0.4) is 0 Å². The van der Waals surface area contributed by atoms with Gasteiger partial charge in [0.15, 0.2) is 0 Å². The molecule has 4 heteroatoms. The topological polar surface area (TPSA) is 60.2 Å². The van der Waals surface area contributed by atoms with Crippen molar-refractivity contribution in [3.8, 4) is 0 Å². The van der Waals surface area contributed by atoms with Crippen LogP contribution >= 0.6 is 0 Å². The molecule has 0 atom stereocenters. The Labute approximate surface area is 97.2 Å². The minimum Gasteiger partial charge on any atom is -0.397 e. The maximum atomic E-state index is 5.69. The van der Waals surface area contributed by atoms with Crippen LogP contribution in [0.4, 0.5) is 11.5 Å². The number of ether oxygens (including phenoxy) is 1. The Bertz CT molecular complexity index is 326. The first-order valence-corrected chi connectivity index (χ1v) is 5.67. The van der Waals surface area contributed by atoms with E-state index in [9.17, 15) is 0 Å². The minimum atomic E-state index is 0.303. The van der Waals surface area contributed by atoms with Gasteiger partial charge in [0.25, 0.3) is 0 Å². The summed E-state index contributed by atoms with van der Waals surface area (Å²) < 4.78 is 5.44. The molecule has 90 valence electrons. The van der Waals surface area contributed by atoms with E-state index in [1.165, 1.54) is 0 Å². The van der Waals surface area contributed by atoms with Crippen molar-refractivity contribution in [2.45, 2.75) is 33.3 Å². The molecule has 0 aromatic carbocycles. The molecule has 0 amide bonds. The third-order valence-corrected chi connectivity index (χ3v) is 2.23. The van der Waals surface area contributed by atoms with E-state index >= 15 is 0 Å². The summed E-state index contributed by atoms with van der Waals surface area (Å²) in [5.74, 6) is 0.872. The van der Waals surface area contributed by atoms with Gasteiger partial charge in [-0.25, -0.2) is 4.98 Å². The summed E-state index contributed by atoms with van der Waals surface area (Å²) in [6.45, 7) is 7.70. The second kappa shape index (κ2) is 6.33. The molecule has 4 nitrogen and oxygen atoms in total. The number of hydrogen-bond donors (Lipinski definition) is 2. The second-order valence-corrected chi connectivity index (χ2v) is 4.13. The van der Waals surface area contributed by atoms with Gasteiger partial charge in [0, 0.05) is 13.2 Å². The average molecular weight is 223 g/mol. The van der Waals surface area contributed by atoms with Crippen LogP contribution in [-0.4, -0.2) is 24.2 Å². The molecule has 16 heavy (non-hydrogen) atoms. The number of anilines is 2. The summed E-state index contributed by atoms with van der Waals surface area (Å²) in [5, 5.41) is 3.24. The van der Waals surface area contributed by atoms with Crippen molar-refractivity contribution in [1.82, 2.24) is 4.98 Å². The molecule has 0 bridgehead atoms. The molecule has 0 aliphatic rings. The van der Waals surface area contributed by atoms with E-state index < -0.39 is 0 Å². The van der Waals surface area contributed by atoms with E-state index in [1.807, 2.05) is 26.8 Å². The maximum Gasteiger partial charge on any atom is 0.126 e. The number of nitrogens with zero attached hydrogens (tertiary/aromatic N) is 1. The molecule has 0 radical (unpaired) electrons. The lowest BCUT2D eigenvalue weighted by molar-refractivity contribution is 0.0787. The first-order valence-electron chi connectivity index (χ1n) is 5.67. The highest BCUT2D eigenvalue weighted by atomic mass is 16.5. The molecule has 0 saturated heterocycles. The standard InChI is InChI=1S/C12H21N3O/c1-9(2)16-6-4-5-14-12-7-10(3)11(13)8-15-12/h7-9H,4-6,13H2,1-3H3,(H,14,15). The largest absolute Gasteiger partial charge is 0.397 e. The molecule has 0 saturated carbocycles. The first-order chi connectivity index (χ1) is 7.59. The molecule has 3 N–H and O–H groups in total. The zero-order valence-corrected chi connectivity index (χ0v) is 10.3. The lowest BCUT2D eigenvalue weighted by atomic mass is 10.2. The zero-order valence-electron chi connectivity index (χ0n) is 10.3. The van der Waals surface area contributed by atoms with E-state index in [0.29, 0.717) is 6.10 Å². The van der Waals surface area contributed by atoms with E-state index in [1.54, 1.807) is 6.20 Å². The number of hydrogen-bond acceptors (Lipinski definition) is 4. The van der Waals surface area contributed by atoms with E-state index in [2.05, 4.69) is 10.3 Å². The summed E-state index contributed by atoms with van der Waals surface area (Å²) in [4.78, 5) is 4.19.